The van der Waals surface area contributed by atoms with E-state index >= 15 is 0 Å². The van der Waals surface area contributed by atoms with Crippen LogP contribution in [0.4, 0.5) is 0 Å². The van der Waals surface area contributed by atoms with Gasteiger partial charge in [0.15, 0.2) is 5.82 Å². The molecule has 1 aromatic carbocycles. The topological polar surface area (TPSA) is 59.2 Å². The van der Waals surface area contributed by atoms with Gasteiger partial charge in [-0.1, -0.05) is 22.9 Å². The van der Waals surface area contributed by atoms with Gasteiger partial charge in [-0.15, -0.1) is 0 Å². The van der Waals surface area contributed by atoms with Gasteiger partial charge < -0.3 is 9.42 Å². The molecule has 5 nitrogen and oxygen atoms in total. The molecule has 126 valence electrons. The predicted octanol–water partition coefficient (Wildman–Crippen LogP) is 3.35. The molecule has 24 heavy (non-hydrogen) atoms. The number of nitrogens with zero attached hydrogens (tertiary/aromatic N) is 3. The van der Waals surface area contributed by atoms with Crippen molar-refractivity contribution in [2.45, 2.75) is 44.9 Å². The first-order valence-electron chi connectivity index (χ1n) is 8.87. The van der Waals surface area contributed by atoms with Crippen molar-refractivity contribution < 1.29 is 9.32 Å². The van der Waals surface area contributed by atoms with E-state index in [0.717, 1.165) is 55.2 Å². The first-order valence-corrected chi connectivity index (χ1v) is 8.87. The molecule has 0 bridgehead atoms. The summed E-state index contributed by atoms with van der Waals surface area (Å²) in [6.45, 7) is 3.62. The summed E-state index contributed by atoms with van der Waals surface area (Å²) in [5.74, 6) is 2.65. The van der Waals surface area contributed by atoms with Crippen molar-refractivity contribution in [2.75, 3.05) is 13.1 Å². The molecule has 2 heterocycles. The summed E-state index contributed by atoms with van der Waals surface area (Å²) >= 11 is 0. The van der Waals surface area contributed by atoms with Gasteiger partial charge in [0.05, 0.1) is 0 Å². The standard InChI is InChI=1S/C19H23N3O2/c1-13-4-2-6-16(10-13)19(23)22-9-3-5-14(12-22)11-17-20-18(21-24-17)15-7-8-15/h2,4,6,10,14-15H,3,5,7-9,11-12H2,1H3. The molecule has 0 spiro atoms. The molecule has 2 aliphatic rings. The fraction of sp³-hybridized carbons (Fsp3) is 0.526. The highest BCUT2D eigenvalue weighted by molar-refractivity contribution is 5.94. The van der Waals surface area contributed by atoms with Crippen LogP contribution in [0.25, 0.3) is 0 Å². The number of carbonyl (C=O) groups excluding carboxylic acids is 1. The number of piperidine rings is 1. The van der Waals surface area contributed by atoms with Gasteiger partial charge in [-0.2, -0.15) is 4.98 Å². The van der Waals surface area contributed by atoms with Gasteiger partial charge in [-0.05, 0) is 50.7 Å². The number of hydrogen-bond acceptors (Lipinski definition) is 4. The Balaban J connectivity index is 1.40. The third-order valence-corrected chi connectivity index (χ3v) is 4.96. The maximum Gasteiger partial charge on any atom is 0.253 e. The molecule has 1 amide bonds. The Labute approximate surface area is 142 Å². The number of hydrogen-bond donors (Lipinski definition) is 0. The highest BCUT2D eigenvalue weighted by atomic mass is 16.5. The van der Waals surface area contributed by atoms with Crippen molar-refractivity contribution in [1.29, 1.82) is 0 Å². The van der Waals surface area contributed by atoms with Crippen LogP contribution in [-0.4, -0.2) is 34.0 Å². The largest absolute Gasteiger partial charge is 0.339 e. The highest BCUT2D eigenvalue weighted by Crippen LogP contribution is 2.38. The normalized spacial score (nSPS) is 21.0. The summed E-state index contributed by atoms with van der Waals surface area (Å²) < 4.78 is 5.40. The Bertz CT molecular complexity index is 736. The van der Waals surface area contributed by atoms with Crippen LogP contribution < -0.4 is 0 Å². The summed E-state index contributed by atoms with van der Waals surface area (Å²) in [7, 11) is 0. The van der Waals surface area contributed by atoms with Gasteiger partial charge in [-0.25, -0.2) is 0 Å². The number of likely N-dealkylation sites (tertiary alicyclic amines) is 1. The highest BCUT2D eigenvalue weighted by Gasteiger charge is 2.30. The number of aryl methyl sites for hydroxylation is 1. The molecule has 1 atom stereocenters. The molecule has 1 aliphatic carbocycles. The summed E-state index contributed by atoms with van der Waals surface area (Å²) in [5.41, 5.74) is 1.90. The maximum atomic E-state index is 12.7. The van der Waals surface area contributed by atoms with Crippen LogP contribution >= 0.6 is 0 Å². The van der Waals surface area contributed by atoms with Gasteiger partial charge in [0, 0.05) is 31.0 Å². The van der Waals surface area contributed by atoms with Crippen LogP contribution in [0.15, 0.2) is 28.8 Å². The zero-order valence-corrected chi connectivity index (χ0v) is 14.1. The Hall–Kier alpha value is -2.17. The third kappa shape index (κ3) is 3.35. The second-order valence-corrected chi connectivity index (χ2v) is 7.15. The van der Waals surface area contributed by atoms with E-state index in [-0.39, 0.29) is 5.91 Å². The van der Waals surface area contributed by atoms with E-state index in [0.29, 0.717) is 11.8 Å². The number of carbonyl (C=O) groups is 1. The van der Waals surface area contributed by atoms with Crippen LogP contribution in [0.2, 0.25) is 0 Å². The fourth-order valence-electron chi connectivity index (χ4n) is 3.48. The Morgan fingerprint density at radius 1 is 1.33 bits per heavy atom. The molecule has 1 aromatic heterocycles. The van der Waals surface area contributed by atoms with Gasteiger partial charge in [0.2, 0.25) is 5.89 Å². The Kier molecular flexibility index (Phi) is 4.08. The summed E-state index contributed by atoms with van der Waals surface area (Å²) in [6.07, 6.45) is 5.28. The van der Waals surface area contributed by atoms with Gasteiger partial charge in [0.1, 0.15) is 0 Å². The molecule has 5 heteroatoms. The van der Waals surface area contributed by atoms with E-state index in [4.69, 9.17) is 4.52 Å². The van der Waals surface area contributed by atoms with Crippen molar-refractivity contribution in [2.24, 2.45) is 5.92 Å². The minimum atomic E-state index is 0.132. The van der Waals surface area contributed by atoms with Crippen LogP contribution in [0, 0.1) is 12.8 Å². The fourth-order valence-corrected chi connectivity index (χ4v) is 3.48. The van der Waals surface area contributed by atoms with E-state index < -0.39 is 0 Å². The van der Waals surface area contributed by atoms with Gasteiger partial charge in [-0.3, -0.25) is 4.79 Å². The maximum absolute atomic E-state index is 12.7. The Morgan fingerprint density at radius 3 is 3.00 bits per heavy atom. The van der Waals surface area contributed by atoms with E-state index in [2.05, 4.69) is 10.1 Å². The molecule has 0 N–H and O–H groups in total. The van der Waals surface area contributed by atoms with Crippen LogP contribution in [0.5, 0.6) is 0 Å². The minimum absolute atomic E-state index is 0.132. The number of amides is 1. The third-order valence-electron chi connectivity index (χ3n) is 4.96. The lowest BCUT2D eigenvalue weighted by molar-refractivity contribution is 0.0668. The second-order valence-electron chi connectivity index (χ2n) is 7.15. The van der Waals surface area contributed by atoms with Crippen LogP contribution in [0.1, 0.15) is 59.2 Å². The van der Waals surface area contributed by atoms with Crippen molar-refractivity contribution in [3.63, 3.8) is 0 Å². The molecular formula is C19H23N3O2. The van der Waals surface area contributed by atoms with Crippen LogP contribution in [0.3, 0.4) is 0 Å². The lowest BCUT2D eigenvalue weighted by atomic mass is 9.94. The molecule has 1 saturated heterocycles. The molecule has 1 unspecified atom stereocenters. The molecular weight excluding hydrogens is 302 g/mol. The second kappa shape index (κ2) is 6.38. The van der Waals surface area contributed by atoms with Gasteiger partial charge >= 0.3 is 0 Å². The smallest absolute Gasteiger partial charge is 0.253 e. The number of rotatable bonds is 4. The lowest BCUT2D eigenvalue weighted by Crippen LogP contribution is -2.40. The first-order chi connectivity index (χ1) is 11.7. The SMILES string of the molecule is Cc1cccc(C(=O)N2CCCC(Cc3nc(C4CC4)no3)C2)c1. The quantitative estimate of drug-likeness (QED) is 0.865. The number of aromatic nitrogens is 2. The van der Waals surface area contributed by atoms with Crippen LogP contribution in [-0.2, 0) is 6.42 Å². The summed E-state index contributed by atoms with van der Waals surface area (Å²) in [4.78, 5) is 19.2. The minimum Gasteiger partial charge on any atom is -0.339 e. The van der Waals surface area contributed by atoms with E-state index in [1.165, 1.54) is 12.8 Å². The molecule has 2 aromatic rings. The summed E-state index contributed by atoms with van der Waals surface area (Å²) in [6, 6.07) is 7.83. The predicted molar refractivity (Wildman–Crippen MR) is 89.8 cm³/mol. The van der Waals surface area contributed by atoms with Crippen molar-refractivity contribution in [3.05, 3.63) is 47.1 Å². The number of benzene rings is 1. The summed E-state index contributed by atoms with van der Waals surface area (Å²) in [5, 5.41) is 4.09. The van der Waals surface area contributed by atoms with E-state index in [1.54, 1.807) is 0 Å². The molecule has 4 rings (SSSR count). The van der Waals surface area contributed by atoms with Gasteiger partial charge in [0.25, 0.3) is 5.91 Å². The van der Waals surface area contributed by atoms with Crippen molar-refractivity contribution in [3.8, 4) is 0 Å². The molecule has 1 saturated carbocycles. The monoisotopic (exact) mass is 325 g/mol. The zero-order chi connectivity index (χ0) is 16.5. The molecule has 0 radical (unpaired) electrons. The average Bonchev–Trinajstić information content (AvgIpc) is 3.34. The van der Waals surface area contributed by atoms with Crippen molar-refractivity contribution in [1.82, 2.24) is 15.0 Å². The molecule has 2 fully saturated rings. The molecule has 1 aliphatic heterocycles. The lowest BCUT2D eigenvalue weighted by Gasteiger charge is -2.32. The van der Waals surface area contributed by atoms with E-state index in [9.17, 15) is 4.79 Å². The Morgan fingerprint density at radius 2 is 2.21 bits per heavy atom. The zero-order valence-electron chi connectivity index (χ0n) is 14.1. The van der Waals surface area contributed by atoms with E-state index in [1.807, 2.05) is 36.1 Å². The first kappa shape index (κ1) is 15.4. The van der Waals surface area contributed by atoms with Crippen molar-refractivity contribution >= 4 is 5.91 Å². The average molecular weight is 325 g/mol.